The maximum atomic E-state index is 12.9. The summed E-state index contributed by atoms with van der Waals surface area (Å²) < 4.78 is 38.6. The molecule has 128 valence electrons. The SMILES string of the molecule is C[C@H](c1cccnc1)N1CCN(c2cccc(C(F)(F)F)c2)CC1. The second-order valence-electron chi connectivity index (χ2n) is 6.03. The van der Waals surface area contributed by atoms with Gasteiger partial charge >= 0.3 is 6.18 Å². The van der Waals surface area contributed by atoms with Gasteiger partial charge in [0.25, 0.3) is 0 Å². The second kappa shape index (κ2) is 6.81. The summed E-state index contributed by atoms with van der Waals surface area (Å²) in [5.74, 6) is 0. The smallest absolute Gasteiger partial charge is 0.369 e. The van der Waals surface area contributed by atoms with E-state index in [-0.39, 0.29) is 6.04 Å². The Kier molecular flexibility index (Phi) is 4.76. The van der Waals surface area contributed by atoms with Crippen molar-refractivity contribution < 1.29 is 13.2 Å². The van der Waals surface area contributed by atoms with Gasteiger partial charge in [0.15, 0.2) is 0 Å². The summed E-state index contributed by atoms with van der Waals surface area (Å²) in [6.07, 6.45) is -0.682. The molecule has 0 radical (unpaired) electrons. The van der Waals surface area contributed by atoms with Crippen LogP contribution in [0.2, 0.25) is 0 Å². The number of pyridine rings is 1. The Morgan fingerprint density at radius 2 is 1.79 bits per heavy atom. The van der Waals surface area contributed by atoms with Gasteiger partial charge in [0.2, 0.25) is 0 Å². The number of alkyl halides is 3. The topological polar surface area (TPSA) is 19.4 Å². The standard InChI is InChI=1S/C18H20F3N3/c1-14(15-4-3-7-22-13-15)23-8-10-24(11-9-23)17-6-2-5-16(12-17)18(19,20)21/h2-7,12-14H,8-11H2,1H3/t14-/m1/s1. The number of piperazine rings is 1. The molecule has 1 aromatic carbocycles. The molecule has 6 heteroatoms. The van der Waals surface area contributed by atoms with Crippen molar-refractivity contribution in [2.75, 3.05) is 31.1 Å². The van der Waals surface area contributed by atoms with Gasteiger partial charge in [-0.25, -0.2) is 0 Å². The zero-order valence-corrected chi connectivity index (χ0v) is 13.5. The molecule has 1 aliphatic heterocycles. The first-order chi connectivity index (χ1) is 11.4. The van der Waals surface area contributed by atoms with Crippen molar-refractivity contribution in [3.8, 4) is 0 Å². The average molecular weight is 335 g/mol. The summed E-state index contributed by atoms with van der Waals surface area (Å²) in [6, 6.07) is 9.80. The Morgan fingerprint density at radius 3 is 2.42 bits per heavy atom. The second-order valence-corrected chi connectivity index (χ2v) is 6.03. The van der Waals surface area contributed by atoms with Gasteiger partial charge in [-0.15, -0.1) is 0 Å². The Morgan fingerprint density at radius 1 is 1.04 bits per heavy atom. The summed E-state index contributed by atoms with van der Waals surface area (Å²) in [7, 11) is 0. The van der Waals surface area contributed by atoms with Gasteiger partial charge in [-0.2, -0.15) is 13.2 Å². The van der Waals surface area contributed by atoms with E-state index in [0.717, 1.165) is 24.7 Å². The molecular formula is C18H20F3N3. The van der Waals surface area contributed by atoms with E-state index in [1.807, 2.05) is 17.2 Å². The van der Waals surface area contributed by atoms with Crippen LogP contribution in [0.25, 0.3) is 0 Å². The monoisotopic (exact) mass is 335 g/mol. The number of aromatic nitrogens is 1. The third-order valence-electron chi connectivity index (χ3n) is 4.57. The number of benzene rings is 1. The number of anilines is 1. The lowest BCUT2D eigenvalue weighted by Crippen LogP contribution is -2.47. The Labute approximate surface area is 139 Å². The fourth-order valence-corrected chi connectivity index (χ4v) is 3.08. The zero-order chi connectivity index (χ0) is 17.2. The summed E-state index contributed by atoms with van der Waals surface area (Å²) in [4.78, 5) is 8.50. The Balaban J connectivity index is 1.65. The summed E-state index contributed by atoms with van der Waals surface area (Å²) in [5.41, 5.74) is 1.20. The van der Waals surface area contributed by atoms with E-state index in [0.29, 0.717) is 18.8 Å². The minimum atomic E-state index is -4.30. The maximum Gasteiger partial charge on any atom is 0.416 e. The number of hydrogen-bond acceptors (Lipinski definition) is 3. The van der Waals surface area contributed by atoms with Gasteiger partial charge in [0.1, 0.15) is 0 Å². The highest BCUT2D eigenvalue weighted by Crippen LogP contribution is 2.32. The van der Waals surface area contributed by atoms with Crippen molar-refractivity contribution in [1.29, 1.82) is 0 Å². The summed E-state index contributed by atoms with van der Waals surface area (Å²) in [5, 5.41) is 0. The molecular weight excluding hydrogens is 315 g/mol. The van der Waals surface area contributed by atoms with Crippen LogP contribution in [-0.2, 0) is 6.18 Å². The molecule has 0 amide bonds. The minimum absolute atomic E-state index is 0.252. The molecule has 24 heavy (non-hydrogen) atoms. The van der Waals surface area contributed by atoms with E-state index >= 15 is 0 Å². The normalized spacial score (nSPS) is 17.8. The lowest BCUT2D eigenvalue weighted by atomic mass is 10.1. The van der Waals surface area contributed by atoms with Crippen LogP contribution >= 0.6 is 0 Å². The highest BCUT2D eigenvalue weighted by Gasteiger charge is 2.31. The fraction of sp³-hybridized carbons (Fsp3) is 0.389. The molecule has 0 bridgehead atoms. The molecule has 0 saturated carbocycles. The van der Waals surface area contributed by atoms with E-state index in [4.69, 9.17) is 0 Å². The third kappa shape index (κ3) is 3.70. The molecule has 0 N–H and O–H groups in total. The molecule has 0 aliphatic carbocycles. The highest BCUT2D eigenvalue weighted by atomic mass is 19.4. The van der Waals surface area contributed by atoms with Crippen LogP contribution in [0.15, 0.2) is 48.8 Å². The molecule has 0 spiro atoms. The summed E-state index contributed by atoms with van der Waals surface area (Å²) in [6.45, 7) is 5.19. The number of rotatable bonds is 3. The summed E-state index contributed by atoms with van der Waals surface area (Å²) >= 11 is 0. The quantitative estimate of drug-likeness (QED) is 0.846. The fourth-order valence-electron chi connectivity index (χ4n) is 3.08. The van der Waals surface area contributed by atoms with Gasteiger partial charge in [-0.1, -0.05) is 12.1 Å². The van der Waals surface area contributed by atoms with E-state index in [1.54, 1.807) is 12.3 Å². The lowest BCUT2D eigenvalue weighted by molar-refractivity contribution is -0.137. The maximum absolute atomic E-state index is 12.9. The van der Waals surface area contributed by atoms with Crippen LogP contribution in [0.3, 0.4) is 0 Å². The Bertz CT molecular complexity index is 665. The van der Waals surface area contributed by atoms with Crippen molar-refractivity contribution in [1.82, 2.24) is 9.88 Å². The van der Waals surface area contributed by atoms with E-state index in [2.05, 4.69) is 22.9 Å². The van der Waals surface area contributed by atoms with Crippen molar-refractivity contribution in [2.24, 2.45) is 0 Å². The van der Waals surface area contributed by atoms with E-state index in [9.17, 15) is 13.2 Å². The van der Waals surface area contributed by atoms with Crippen LogP contribution in [-0.4, -0.2) is 36.1 Å². The number of nitrogens with zero attached hydrogens (tertiary/aromatic N) is 3. The van der Waals surface area contributed by atoms with Gasteiger partial charge in [0, 0.05) is 50.3 Å². The number of halogens is 3. The van der Waals surface area contributed by atoms with Crippen molar-refractivity contribution in [3.05, 3.63) is 59.9 Å². The first-order valence-corrected chi connectivity index (χ1v) is 8.01. The van der Waals surface area contributed by atoms with Gasteiger partial charge < -0.3 is 4.90 Å². The van der Waals surface area contributed by atoms with Crippen LogP contribution in [0, 0.1) is 0 Å². The number of hydrogen-bond donors (Lipinski definition) is 0. The predicted molar refractivity (Wildman–Crippen MR) is 87.9 cm³/mol. The first-order valence-electron chi connectivity index (χ1n) is 8.01. The Hall–Kier alpha value is -2.08. The molecule has 1 atom stereocenters. The zero-order valence-electron chi connectivity index (χ0n) is 13.5. The lowest BCUT2D eigenvalue weighted by Gasteiger charge is -2.39. The average Bonchev–Trinajstić information content (AvgIpc) is 2.61. The third-order valence-corrected chi connectivity index (χ3v) is 4.57. The van der Waals surface area contributed by atoms with E-state index < -0.39 is 11.7 Å². The molecule has 1 fully saturated rings. The molecule has 2 heterocycles. The first kappa shape index (κ1) is 16.8. The van der Waals surface area contributed by atoms with Gasteiger partial charge in [-0.3, -0.25) is 9.88 Å². The molecule has 2 aromatic rings. The van der Waals surface area contributed by atoms with Crippen molar-refractivity contribution in [3.63, 3.8) is 0 Å². The molecule has 1 aliphatic rings. The van der Waals surface area contributed by atoms with Crippen LogP contribution in [0.5, 0.6) is 0 Å². The predicted octanol–water partition coefficient (Wildman–Crippen LogP) is 3.98. The largest absolute Gasteiger partial charge is 0.416 e. The van der Waals surface area contributed by atoms with Crippen LogP contribution in [0.1, 0.15) is 24.1 Å². The van der Waals surface area contributed by atoms with Gasteiger partial charge in [-0.05, 0) is 36.8 Å². The molecule has 3 rings (SSSR count). The van der Waals surface area contributed by atoms with Gasteiger partial charge in [0.05, 0.1) is 5.56 Å². The van der Waals surface area contributed by atoms with E-state index in [1.165, 1.54) is 12.1 Å². The molecule has 1 saturated heterocycles. The van der Waals surface area contributed by atoms with Crippen LogP contribution < -0.4 is 4.90 Å². The molecule has 1 aromatic heterocycles. The minimum Gasteiger partial charge on any atom is -0.369 e. The van der Waals surface area contributed by atoms with Crippen LogP contribution in [0.4, 0.5) is 18.9 Å². The van der Waals surface area contributed by atoms with Crippen molar-refractivity contribution in [2.45, 2.75) is 19.1 Å². The van der Waals surface area contributed by atoms with Crippen molar-refractivity contribution >= 4 is 5.69 Å². The molecule has 3 nitrogen and oxygen atoms in total. The highest BCUT2D eigenvalue weighted by molar-refractivity contribution is 5.49. The molecule has 0 unspecified atom stereocenters.